The molecule has 0 saturated heterocycles. The molecule has 0 N–H and O–H groups in total. The zero-order valence-electron chi connectivity index (χ0n) is 30.7. The normalized spacial score (nSPS) is 13.3. The van der Waals surface area contributed by atoms with Crippen molar-refractivity contribution in [2.24, 2.45) is 0 Å². The lowest BCUT2D eigenvalue weighted by atomic mass is 9.81. The van der Waals surface area contributed by atoms with Crippen LogP contribution >= 0.6 is 17.2 Å². The van der Waals surface area contributed by atoms with Gasteiger partial charge in [-0.15, -0.1) is 0 Å². The van der Waals surface area contributed by atoms with Crippen molar-refractivity contribution in [1.29, 1.82) is 0 Å². The molecule has 0 aliphatic rings. The third-order valence-electron chi connectivity index (χ3n) is 8.63. The molecule has 246 valence electrons. The summed E-state index contributed by atoms with van der Waals surface area (Å²) in [6.07, 6.45) is 0. The fourth-order valence-electron chi connectivity index (χ4n) is 5.57. The van der Waals surface area contributed by atoms with Crippen LogP contribution in [0.1, 0.15) is 105 Å². The van der Waals surface area contributed by atoms with E-state index in [-0.39, 0.29) is 21.7 Å². The molecule has 0 aromatic heterocycles. The van der Waals surface area contributed by atoms with Crippen LogP contribution in [-0.2, 0) is 21.7 Å². The van der Waals surface area contributed by atoms with Gasteiger partial charge in [0.05, 0.1) is 14.2 Å². The van der Waals surface area contributed by atoms with E-state index >= 15 is 0 Å². The van der Waals surface area contributed by atoms with Gasteiger partial charge < -0.3 is 9.47 Å². The number of ether oxygens (including phenoxy) is 2. The third-order valence-corrected chi connectivity index (χ3v) is 11.2. The van der Waals surface area contributed by atoms with E-state index in [4.69, 9.17) is 9.47 Å². The molecule has 0 aliphatic carbocycles. The summed E-state index contributed by atoms with van der Waals surface area (Å²) >= 11 is 0. The number of benzene rings is 4. The van der Waals surface area contributed by atoms with Gasteiger partial charge in [0, 0.05) is 11.1 Å². The van der Waals surface area contributed by atoms with E-state index in [0.29, 0.717) is 17.2 Å². The first-order chi connectivity index (χ1) is 21.2. The number of hydrogen-bond acceptors (Lipinski definition) is 2. The molecule has 0 heterocycles. The second-order valence-electron chi connectivity index (χ2n) is 16.6. The Morgan fingerprint density at radius 2 is 0.696 bits per heavy atom. The maximum absolute atomic E-state index is 6.12. The zero-order valence-corrected chi connectivity index (χ0v) is 32.7. The maximum Gasteiger partial charge on any atom is 0.127 e. The molecule has 0 spiro atoms. The van der Waals surface area contributed by atoms with Gasteiger partial charge in [0.1, 0.15) is 11.5 Å². The Morgan fingerprint density at radius 1 is 0.413 bits per heavy atom. The molecule has 0 saturated carbocycles. The molecular weight excluding hydrogens is 598 g/mol. The molecule has 0 radical (unpaired) electrons. The van der Waals surface area contributed by atoms with Crippen molar-refractivity contribution in [1.82, 2.24) is 0 Å². The first-order valence-electron chi connectivity index (χ1n) is 16.4. The van der Waals surface area contributed by atoms with Gasteiger partial charge in [0.2, 0.25) is 0 Å². The predicted octanol–water partition coefficient (Wildman–Crippen LogP) is 9.82. The number of methoxy groups -OCH3 is 2. The average Bonchev–Trinajstić information content (AvgIpc) is 2.95. The average molecular weight is 655 g/mol. The second-order valence-corrected chi connectivity index (χ2v) is 19.3. The van der Waals surface area contributed by atoms with E-state index in [1.807, 2.05) is 0 Å². The van der Waals surface area contributed by atoms with E-state index in [1.54, 1.807) is 14.2 Å². The summed E-state index contributed by atoms with van der Waals surface area (Å²) in [7, 11) is 4.49. The molecule has 0 aliphatic heterocycles. The second kappa shape index (κ2) is 13.5. The molecular formula is C42H56O2P2. The molecule has 2 nitrogen and oxygen atoms in total. The van der Waals surface area contributed by atoms with Gasteiger partial charge in [0.15, 0.2) is 0 Å². The predicted molar refractivity (Wildman–Crippen MR) is 208 cm³/mol. The minimum atomic E-state index is 0.0577. The monoisotopic (exact) mass is 654 g/mol. The lowest BCUT2D eigenvalue weighted by Gasteiger charge is -2.27. The zero-order chi connectivity index (χ0) is 34.2. The molecule has 0 fully saturated rings. The fraction of sp³-hybridized carbons (Fsp3) is 0.429. The summed E-state index contributed by atoms with van der Waals surface area (Å²) in [5, 5.41) is 5.22. The summed E-state index contributed by atoms with van der Waals surface area (Å²) in [4.78, 5) is 0. The van der Waals surface area contributed by atoms with Gasteiger partial charge in [-0.25, -0.2) is 0 Å². The van der Waals surface area contributed by atoms with E-state index < -0.39 is 0 Å². The number of hydrogen-bond donors (Lipinski definition) is 0. The van der Waals surface area contributed by atoms with Crippen LogP contribution in [-0.4, -0.2) is 14.2 Å². The van der Waals surface area contributed by atoms with Gasteiger partial charge in [-0.3, -0.25) is 0 Å². The summed E-state index contributed by atoms with van der Waals surface area (Å²) in [5.74, 6) is 1.75. The summed E-state index contributed by atoms with van der Waals surface area (Å²) in [6, 6.07) is 27.4. The lowest BCUT2D eigenvalue weighted by molar-refractivity contribution is 0.411. The Hall–Kier alpha value is -2.66. The van der Waals surface area contributed by atoms with Gasteiger partial charge in [-0.1, -0.05) is 161 Å². The van der Waals surface area contributed by atoms with Crippen LogP contribution < -0.4 is 30.7 Å². The Bertz CT molecular complexity index is 1500. The Labute approximate surface area is 283 Å². The highest BCUT2D eigenvalue weighted by atomic mass is 31.1. The largest absolute Gasteiger partial charge is 0.496 e. The van der Waals surface area contributed by atoms with Crippen molar-refractivity contribution in [2.45, 2.75) is 105 Å². The van der Waals surface area contributed by atoms with Crippen LogP contribution in [0.25, 0.3) is 11.1 Å². The van der Waals surface area contributed by atoms with Gasteiger partial charge in [0.25, 0.3) is 0 Å². The highest BCUT2D eigenvalue weighted by Gasteiger charge is 2.25. The van der Waals surface area contributed by atoms with Gasteiger partial charge in [-0.05, 0) is 77.3 Å². The van der Waals surface area contributed by atoms with Crippen LogP contribution in [0.4, 0.5) is 0 Å². The molecule has 0 bridgehead atoms. The van der Waals surface area contributed by atoms with E-state index in [1.165, 1.54) is 43.5 Å². The minimum absolute atomic E-state index is 0.0577. The molecule has 4 rings (SSSR count). The van der Waals surface area contributed by atoms with E-state index in [9.17, 15) is 0 Å². The summed E-state index contributed by atoms with van der Waals surface area (Å²) in [5.41, 5.74) is 7.99. The fourth-order valence-corrected chi connectivity index (χ4v) is 8.21. The van der Waals surface area contributed by atoms with Crippen molar-refractivity contribution < 1.29 is 9.47 Å². The molecule has 2 atom stereocenters. The standard InChI is InChI=1S/C42H56O2P2/c1-39(2,3)27-21-28(40(4,5)6)24-31(23-27)45-35-19-15-17-33(43-13)37(35)38-34(44-14)18-16-20-36(38)46-32-25-29(41(7,8)9)22-30(26-32)42(10,11)12/h15-26,45-46H,1-14H3. The molecule has 4 aromatic rings. The first-order valence-corrected chi connectivity index (χ1v) is 18.4. The van der Waals surface area contributed by atoms with Crippen molar-refractivity contribution in [3.8, 4) is 22.6 Å². The SMILES string of the molecule is COc1cccc(Pc2cc(C(C)(C)C)cc(C(C)(C)C)c2)c1-c1c(OC)cccc1Pc1cc(C(C)(C)C)cc(C(C)(C)C)c1. The lowest BCUT2D eigenvalue weighted by Crippen LogP contribution is -2.21. The highest BCUT2D eigenvalue weighted by molar-refractivity contribution is 7.56. The molecule has 4 aromatic carbocycles. The van der Waals surface area contributed by atoms with Gasteiger partial charge in [-0.2, -0.15) is 0 Å². The smallest absolute Gasteiger partial charge is 0.127 e. The minimum Gasteiger partial charge on any atom is -0.496 e. The van der Waals surface area contributed by atoms with Gasteiger partial charge >= 0.3 is 0 Å². The highest BCUT2D eigenvalue weighted by Crippen LogP contribution is 2.40. The van der Waals surface area contributed by atoms with Crippen molar-refractivity contribution in [2.75, 3.05) is 14.2 Å². The van der Waals surface area contributed by atoms with Crippen LogP contribution in [0.2, 0.25) is 0 Å². The summed E-state index contributed by atoms with van der Waals surface area (Å²) in [6.45, 7) is 27.7. The van der Waals surface area contributed by atoms with Crippen LogP contribution in [0.3, 0.4) is 0 Å². The maximum atomic E-state index is 6.12. The van der Waals surface area contributed by atoms with Crippen molar-refractivity contribution in [3.63, 3.8) is 0 Å². The molecule has 46 heavy (non-hydrogen) atoms. The Balaban J connectivity index is 1.94. The number of rotatable bonds is 7. The Morgan fingerprint density at radius 3 is 0.935 bits per heavy atom. The van der Waals surface area contributed by atoms with Crippen molar-refractivity contribution >= 4 is 38.4 Å². The van der Waals surface area contributed by atoms with Crippen LogP contribution in [0, 0.1) is 0 Å². The first kappa shape index (κ1) is 36.2. The Kier molecular flexibility index (Phi) is 10.6. The van der Waals surface area contributed by atoms with Crippen LogP contribution in [0.15, 0.2) is 72.8 Å². The van der Waals surface area contributed by atoms with Crippen LogP contribution in [0.5, 0.6) is 11.5 Å². The molecule has 2 unspecified atom stereocenters. The topological polar surface area (TPSA) is 18.5 Å². The van der Waals surface area contributed by atoms with E-state index in [0.717, 1.165) is 22.6 Å². The molecule has 0 amide bonds. The van der Waals surface area contributed by atoms with E-state index in [2.05, 4.69) is 156 Å². The third kappa shape index (κ3) is 8.43. The molecule has 4 heteroatoms. The summed E-state index contributed by atoms with van der Waals surface area (Å²) < 4.78 is 12.2. The van der Waals surface area contributed by atoms with Crippen molar-refractivity contribution in [3.05, 3.63) is 95.1 Å². The quantitative estimate of drug-likeness (QED) is 0.185.